The number of hydrogen-bond acceptors (Lipinski definition) is 5. The molecule has 0 saturated carbocycles. The van der Waals surface area contributed by atoms with Gasteiger partial charge in [-0.05, 0) is 12.3 Å². The molecule has 0 aliphatic carbocycles. The summed E-state index contributed by atoms with van der Waals surface area (Å²) >= 11 is 0. The highest BCUT2D eigenvalue weighted by Gasteiger charge is 2.29. The van der Waals surface area contributed by atoms with Gasteiger partial charge >= 0.3 is 0 Å². The van der Waals surface area contributed by atoms with E-state index in [0.29, 0.717) is 19.4 Å². The summed E-state index contributed by atoms with van der Waals surface area (Å²) in [5, 5.41) is 6.17. The highest BCUT2D eigenvalue weighted by atomic mass is 32.2. The van der Waals surface area contributed by atoms with Gasteiger partial charge in [-0.1, -0.05) is 0 Å². The van der Waals surface area contributed by atoms with Crippen molar-refractivity contribution < 1.29 is 13.2 Å². The van der Waals surface area contributed by atoms with Gasteiger partial charge in [0, 0.05) is 45.7 Å². The second-order valence-electron chi connectivity index (χ2n) is 5.41. The van der Waals surface area contributed by atoms with Gasteiger partial charge in [0.05, 0.1) is 11.5 Å². The summed E-state index contributed by atoms with van der Waals surface area (Å²) in [6.07, 6.45) is 0.980. The molecule has 0 aromatic carbocycles. The van der Waals surface area contributed by atoms with Gasteiger partial charge in [0.2, 0.25) is 5.91 Å². The first-order chi connectivity index (χ1) is 9.05. The van der Waals surface area contributed by atoms with Gasteiger partial charge in [0.25, 0.3) is 0 Å². The standard InChI is InChI=1S/C12H23N3O3S/c16-12(9-11-1-8-19(17,18)10-11)14-4-7-15-5-2-13-3-6-15/h11,13H,1-10H2,(H,14,16). The molecule has 0 radical (unpaired) electrons. The average Bonchev–Trinajstić information content (AvgIpc) is 2.70. The van der Waals surface area contributed by atoms with Crippen LogP contribution in [0.4, 0.5) is 0 Å². The van der Waals surface area contributed by atoms with Gasteiger partial charge in [-0.25, -0.2) is 8.42 Å². The van der Waals surface area contributed by atoms with E-state index < -0.39 is 9.84 Å². The molecule has 0 aromatic heterocycles. The molecule has 2 rings (SSSR count). The van der Waals surface area contributed by atoms with Crippen molar-refractivity contribution in [1.29, 1.82) is 0 Å². The van der Waals surface area contributed by atoms with Gasteiger partial charge < -0.3 is 10.6 Å². The number of carbonyl (C=O) groups excluding carboxylic acids is 1. The number of rotatable bonds is 5. The molecular weight excluding hydrogens is 266 g/mol. The minimum Gasteiger partial charge on any atom is -0.355 e. The third-order valence-corrected chi connectivity index (χ3v) is 5.60. The third-order valence-electron chi connectivity index (χ3n) is 3.76. The Morgan fingerprint density at radius 2 is 2.05 bits per heavy atom. The molecule has 19 heavy (non-hydrogen) atoms. The lowest BCUT2D eigenvalue weighted by molar-refractivity contribution is -0.121. The zero-order valence-electron chi connectivity index (χ0n) is 11.2. The van der Waals surface area contributed by atoms with Crippen molar-refractivity contribution in [2.75, 3.05) is 50.8 Å². The van der Waals surface area contributed by atoms with Crippen LogP contribution < -0.4 is 10.6 Å². The first kappa shape index (κ1) is 14.7. The SMILES string of the molecule is O=C(CC1CCS(=O)(=O)C1)NCCN1CCNCC1. The zero-order valence-corrected chi connectivity index (χ0v) is 12.0. The van der Waals surface area contributed by atoms with E-state index in [1.165, 1.54) is 0 Å². The zero-order chi connectivity index (χ0) is 13.7. The Balaban J connectivity index is 1.59. The Bertz CT molecular complexity index is 404. The summed E-state index contributed by atoms with van der Waals surface area (Å²) in [6.45, 7) is 5.59. The molecule has 7 heteroatoms. The van der Waals surface area contributed by atoms with E-state index in [0.717, 1.165) is 32.7 Å². The molecule has 1 amide bonds. The van der Waals surface area contributed by atoms with Crippen LogP contribution in [0.1, 0.15) is 12.8 Å². The average molecular weight is 289 g/mol. The summed E-state index contributed by atoms with van der Waals surface area (Å²) < 4.78 is 22.6. The molecule has 2 saturated heterocycles. The topological polar surface area (TPSA) is 78.5 Å². The van der Waals surface area contributed by atoms with Crippen molar-refractivity contribution in [1.82, 2.24) is 15.5 Å². The molecule has 0 bridgehead atoms. The third kappa shape index (κ3) is 5.08. The van der Waals surface area contributed by atoms with E-state index in [-0.39, 0.29) is 23.3 Å². The lowest BCUT2D eigenvalue weighted by atomic mass is 10.1. The van der Waals surface area contributed by atoms with Crippen LogP contribution in [-0.4, -0.2) is 70.0 Å². The Kier molecular flexibility index (Phi) is 5.18. The quantitative estimate of drug-likeness (QED) is 0.667. The summed E-state index contributed by atoms with van der Waals surface area (Å²) in [7, 11) is -2.87. The Morgan fingerprint density at radius 1 is 1.32 bits per heavy atom. The first-order valence-corrected chi connectivity index (χ1v) is 8.77. The molecule has 0 aromatic rings. The lowest BCUT2D eigenvalue weighted by Gasteiger charge is -2.27. The maximum atomic E-state index is 11.7. The number of nitrogens with zero attached hydrogens (tertiary/aromatic N) is 1. The van der Waals surface area contributed by atoms with Crippen molar-refractivity contribution in [3.05, 3.63) is 0 Å². The van der Waals surface area contributed by atoms with Crippen molar-refractivity contribution >= 4 is 15.7 Å². The van der Waals surface area contributed by atoms with Crippen LogP contribution in [-0.2, 0) is 14.6 Å². The predicted octanol–water partition coefficient (Wildman–Crippen LogP) is -1.17. The Hall–Kier alpha value is -0.660. The Morgan fingerprint density at radius 3 is 2.68 bits per heavy atom. The van der Waals surface area contributed by atoms with Crippen LogP contribution in [0.25, 0.3) is 0 Å². The second kappa shape index (κ2) is 6.67. The molecule has 2 aliphatic rings. The number of hydrogen-bond donors (Lipinski definition) is 2. The van der Waals surface area contributed by atoms with Crippen molar-refractivity contribution in [2.24, 2.45) is 5.92 Å². The monoisotopic (exact) mass is 289 g/mol. The normalized spacial score (nSPS) is 27.3. The molecule has 1 atom stereocenters. The minimum absolute atomic E-state index is 0.0164. The largest absolute Gasteiger partial charge is 0.355 e. The molecule has 1 unspecified atom stereocenters. The van der Waals surface area contributed by atoms with Crippen LogP contribution in [0.15, 0.2) is 0 Å². The van der Waals surface area contributed by atoms with Crippen LogP contribution in [0.5, 0.6) is 0 Å². The van der Waals surface area contributed by atoms with E-state index >= 15 is 0 Å². The molecule has 2 aliphatic heterocycles. The van der Waals surface area contributed by atoms with Crippen LogP contribution >= 0.6 is 0 Å². The Labute approximate surface area is 114 Å². The van der Waals surface area contributed by atoms with E-state index in [1.807, 2.05) is 0 Å². The molecule has 2 heterocycles. The summed E-state index contributed by atoms with van der Waals surface area (Å²) in [6, 6.07) is 0. The molecule has 2 N–H and O–H groups in total. The number of amides is 1. The van der Waals surface area contributed by atoms with Gasteiger partial charge in [-0.2, -0.15) is 0 Å². The number of carbonyl (C=O) groups is 1. The second-order valence-corrected chi connectivity index (χ2v) is 7.64. The van der Waals surface area contributed by atoms with Crippen LogP contribution in [0, 0.1) is 5.92 Å². The number of sulfone groups is 1. The molecule has 110 valence electrons. The van der Waals surface area contributed by atoms with E-state index in [9.17, 15) is 13.2 Å². The number of nitrogens with one attached hydrogen (secondary N) is 2. The maximum absolute atomic E-state index is 11.7. The highest BCUT2D eigenvalue weighted by Crippen LogP contribution is 2.21. The fraction of sp³-hybridized carbons (Fsp3) is 0.917. The molecule has 0 spiro atoms. The summed E-state index contributed by atoms with van der Waals surface area (Å²) in [4.78, 5) is 14.0. The highest BCUT2D eigenvalue weighted by molar-refractivity contribution is 7.91. The minimum atomic E-state index is -2.87. The van der Waals surface area contributed by atoms with Gasteiger partial charge in [0.15, 0.2) is 9.84 Å². The lowest BCUT2D eigenvalue weighted by Crippen LogP contribution is -2.46. The summed E-state index contributed by atoms with van der Waals surface area (Å²) in [5.74, 6) is 0.422. The fourth-order valence-electron chi connectivity index (χ4n) is 2.66. The van der Waals surface area contributed by atoms with E-state index in [2.05, 4.69) is 15.5 Å². The summed E-state index contributed by atoms with van der Waals surface area (Å²) in [5.41, 5.74) is 0. The fourth-order valence-corrected chi connectivity index (χ4v) is 4.52. The van der Waals surface area contributed by atoms with E-state index in [4.69, 9.17) is 0 Å². The molecular formula is C12H23N3O3S. The van der Waals surface area contributed by atoms with Crippen LogP contribution in [0.3, 0.4) is 0 Å². The van der Waals surface area contributed by atoms with Gasteiger partial charge in [-0.3, -0.25) is 9.69 Å². The predicted molar refractivity (Wildman–Crippen MR) is 73.7 cm³/mol. The number of piperazine rings is 1. The molecule has 2 fully saturated rings. The van der Waals surface area contributed by atoms with Crippen LogP contribution in [0.2, 0.25) is 0 Å². The maximum Gasteiger partial charge on any atom is 0.220 e. The van der Waals surface area contributed by atoms with Crippen molar-refractivity contribution in [3.63, 3.8) is 0 Å². The van der Waals surface area contributed by atoms with E-state index in [1.54, 1.807) is 0 Å². The van der Waals surface area contributed by atoms with Gasteiger partial charge in [-0.15, -0.1) is 0 Å². The molecule has 6 nitrogen and oxygen atoms in total. The van der Waals surface area contributed by atoms with Gasteiger partial charge in [0.1, 0.15) is 0 Å². The first-order valence-electron chi connectivity index (χ1n) is 6.95. The smallest absolute Gasteiger partial charge is 0.220 e. The van der Waals surface area contributed by atoms with Crippen molar-refractivity contribution in [2.45, 2.75) is 12.8 Å². The van der Waals surface area contributed by atoms with Crippen molar-refractivity contribution in [3.8, 4) is 0 Å².